The first-order valence-corrected chi connectivity index (χ1v) is 5.51. The number of hydrogen-bond donors (Lipinski definition) is 2. The van der Waals surface area contributed by atoms with Gasteiger partial charge in [-0.25, -0.2) is 9.99 Å². The minimum Gasteiger partial charge on any atom is -0.368 e. The number of piperazine rings is 1. The average molecular weight is 243 g/mol. The molecule has 0 atom stereocenters. The maximum absolute atomic E-state index is 5.96. The number of nitrogens with one attached hydrogen (secondary N) is 1. The highest BCUT2D eigenvalue weighted by Crippen LogP contribution is 2.19. The van der Waals surface area contributed by atoms with Crippen LogP contribution in [0.3, 0.4) is 0 Å². The summed E-state index contributed by atoms with van der Waals surface area (Å²) < 4.78 is 0. The van der Waals surface area contributed by atoms with Gasteiger partial charge in [-0.3, -0.25) is 0 Å². The highest BCUT2D eigenvalue weighted by Gasteiger charge is 2.15. The molecule has 0 unspecified atom stereocenters. The third-order valence-electron chi connectivity index (χ3n) is 2.53. The van der Waals surface area contributed by atoms with Crippen molar-refractivity contribution in [1.29, 1.82) is 0 Å². The van der Waals surface area contributed by atoms with Crippen molar-refractivity contribution in [3.63, 3.8) is 0 Å². The fraction of sp³-hybridized carbons (Fsp3) is 0.556. The number of aromatic nitrogens is 2. The number of nitrogen functional groups attached to an aromatic ring is 1. The molecule has 0 saturated carbocycles. The first-order chi connectivity index (χ1) is 7.65. The van der Waals surface area contributed by atoms with Crippen molar-refractivity contribution in [2.24, 2.45) is 0 Å². The van der Waals surface area contributed by atoms with Crippen LogP contribution in [0, 0.1) is 0 Å². The molecule has 1 aliphatic rings. The molecule has 0 aromatic carbocycles. The lowest BCUT2D eigenvalue weighted by atomic mass is 10.4. The third-order valence-corrected chi connectivity index (χ3v) is 2.81. The molecular formula is C9H15ClN6. The van der Waals surface area contributed by atoms with Crippen LogP contribution in [-0.4, -0.2) is 53.1 Å². The molecule has 1 aromatic heterocycles. The summed E-state index contributed by atoms with van der Waals surface area (Å²) in [5.41, 5.74) is 8.66. The Bertz CT molecular complexity index is 363. The van der Waals surface area contributed by atoms with E-state index in [1.54, 1.807) is 0 Å². The predicted octanol–water partition coefficient (Wildman–Crippen LogP) is 0.286. The summed E-state index contributed by atoms with van der Waals surface area (Å²) in [6.07, 6.45) is 1.50. The van der Waals surface area contributed by atoms with Crippen molar-refractivity contribution in [2.75, 3.05) is 44.4 Å². The first kappa shape index (κ1) is 11.4. The summed E-state index contributed by atoms with van der Waals surface area (Å²) in [5.74, 6) is 0.791. The molecule has 1 aliphatic heterocycles. The third kappa shape index (κ3) is 2.72. The van der Waals surface area contributed by atoms with Gasteiger partial charge in [0.2, 0.25) is 5.95 Å². The maximum Gasteiger partial charge on any atom is 0.222 e. The minimum atomic E-state index is 0.223. The smallest absolute Gasteiger partial charge is 0.222 e. The van der Waals surface area contributed by atoms with Crippen LogP contribution >= 0.6 is 11.6 Å². The Morgan fingerprint density at radius 1 is 1.38 bits per heavy atom. The van der Waals surface area contributed by atoms with Crippen LogP contribution < -0.4 is 11.2 Å². The highest BCUT2D eigenvalue weighted by atomic mass is 35.5. The average Bonchev–Trinajstić information content (AvgIpc) is 2.27. The van der Waals surface area contributed by atoms with Crippen LogP contribution in [0.5, 0.6) is 0 Å². The van der Waals surface area contributed by atoms with E-state index < -0.39 is 0 Å². The van der Waals surface area contributed by atoms with Gasteiger partial charge < -0.3 is 16.1 Å². The first-order valence-electron chi connectivity index (χ1n) is 5.13. The maximum atomic E-state index is 5.96. The number of rotatable bonds is 2. The molecule has 0 aliphatic carbocycles. The number of hydrogen-bond acceptors (Lipinski definition) is 6. The van der Waals surface area contributed by atoms with E-state index in [1.165, 1.54) is 6.20 Å². The van der Waals surface area contributed by atoms with Gasteiger partial charge in [0.25, 0.3) is 0 Å². The molecule has 7 heteroatoms. The lowest BCUT2D eigenvalue weighted by Crippen LogP contribution is -2.47. The molecule has 0 bridgehead atoms. The number of nitrogens with two attached hydrogens (primary N) is 1. The van der Waals surface area contributed by atoms with Crippen molar-refractivity contribution in [1.82, 2.24) is 19.9 Å². The largest absolute Gasteiger partial charge is 0.368 e. The van der Waals surface area contributed by atoms with Crippen molar-refractivity contribution < 1.29 is 0 Å². The second-order valence-electron chi connectivity index (χ2n) is 3.83. The predicted molar refractivity (Wildman–Crippen MR) is 64.1 cm³/mol. The van der Waals surface area contributed by atoms with E-state index in [1.807, 2.05) is 0 Å². The molecule has 6 nitrogen and oxygen atoms in total. The van der Waals surface area contributed by atoms with Gasteiger partial charge in [-0.05, 0) is 7.05 Å². The Morgan fingerprint density at radius 2 is 2.06 bits per heavy atom. The lowest BCUT2D eigenvalue weighted by Gasteiger charge is -2.32. The summed E-state index contributed by atoms with van der Waals surface area (Å²) in [7, 11) is 2.10. The molecule has 1 fully saturated rings. The molecule has 3 N–H and O–H groups in total. The van der Waals surface area contributed by atoms with Crippen molar-refractivity contribution in [3.8, 4) is 0 Å². The van der Waals surface area contributed by atoms with Gasteiger partial charge >= 0.3 is 0 Å². The van der Waals surface area contributed by atoms with E-state index in [4.69, 9.17) is 17.3 Å². The molecule has 2 rings (SSSR count). The normalized spacial score (nSPS) is 18.6. The quantitative estimate of drug-likeness (QED) is 0.777. The molecule has 1 aromatic rings. The fourth-order valence-corrected chi connectivity index (χ4v) is 1.66. The van der Waals surface area contributed by atoms with Crippen LogP contribution in [-0.2, 0) is 0 Å². The molecular weight excluding hydrogens is 228 g/mol. The molecule has 0 spiro atoms. The summed E-state index contributed by atoms with van der Waals surface area (Å²) >= 11 is 5.96. The standard InChI is InChI=1S/C9H15ClN6/c1-15-2-4-16(5-3-15)14-8-7(10)6-12-9(11)13-8/h6H,2-5H2,1H3,(H3,11,12,13,14). The second-order valence-corrected chi connectivity index (χ2v) is 4.23. The zero-order valence-corrected chi connectivity index (χ0v) is 9.91. The van der Waals surface area contributed by atoms with Crippen molar-refractivity contribution >= 4 is 23.4 Å². The van der Waals surface area contributed by atoms with Gasteiger partial charge in [-0.1, -0.05) is 11.6 Å². The summed E-state index contributed by atoms with van der Waals surface area (Å²) in [4.78, 5) is 10.1. The number of hydrazine groups is 1. The molecule has 88 valence electrons. The van der Waals surface area contributed by atoms with Crippen LogP contribution in [0.25, 0.3) is 0 Å². The molecule has 0 amide bonds. The number of nitrogens with zero attached hydrogens (tertiary/aromatic N) is 4. The Morgan fingerprint density at radius 3 is 2.75 bits per heavy atom. The molecule has 16 heavy (non-hydrogen) atoms. The SMILES string of the molecule is CN1CCN(Nc2nc(N)ncc2Cl)CC1. The van der Waals surface area contributed by atoms with Gasteiger partial charge in [0, 0.05) is 26.2 Å². The number of likely N-dealkylation sites (N-methyl/N-ethyl adjacent to an activating group) is 1. The zero-order valence-electron chi connectivity index (χ0n) is 9.15. The monoisotopic (exact) mass is 242 g/mol. The lowest BCUT2D eigenvalue weighted by molar-refractivity contribution is 0.178. The van der Waals surface area contributed by atoms with E-state index >= 15 is 0 Å². The summed E-state index contributed by atoms with van der Waals surface area (Å²) in [6.45, 7) is 3.89. The van der Waals surface area contributed by atoms with E-state index in [0.717, 1.165) is 26.2 Å². The van der Waals surface area contributed by atoms with Crippen LogP contribution in [0.1, 0.15) is 0 Å². The second kappa shape index (κ2) is 4.82. The van der Waals surface area contributed by atoms with Gasteiger partial charge in [-0.2, -0.15) is 4.98 Å². The van der Waals surface area contributed by atoms with Crippen LogP contribution in [0.4, 0.5) is 11.8 Å². The van der Waals surface area contributed by atoms with E-state index in [9.17, 15) is 0 Å². The van der Waals surface area contributed by atoms with E-state index in [2.05, 4.69) is 32.4 Å². The minimum absolute atomic E-state index is 0.223. The topological polar surface area (TPSA) is 70.3 Å². The Labute approximate surface area is 99.4 Å². The van der Waals surface area contributed by atoms with Crippen molar-refractivity contribution in [2.45, 2.75) is 0 Å². The van der Waals surface area contributed by atoms with Crippen molar-refractivity contribution in [3.05, 3.63) is 11.2 Å². The van der Waals surface area contributed by atoms with E-state index in [0.29, 0.717) is 10.8 Å². The summed E-state index contributed by atoms with van der Waals surface area (Å²) in [6, 6.07) is 0. The fourth-order valence-electron chi connectivity index (χ4n) is 1.53. The van der Waals surface area contributed by atoms with Crippen LogP contribution in [0.15, 0.2) is 6.20 Å². The molecule has 1 saturated heterocycles. The summed E-state index contributed by atoms with van der Waals surface area (Å²) in [5, 5.41) is 2.56. The van der Waals surface area contributed by atoms with Crippen LogP contribution in [0.2, 0.25) is 5.02 Å². The van der Waals surface area contributed by atoms with Gasteiger partial charge in [0.05, 0.1) is 6.20 Å². The van der Waals surface area contributed by atoms with E-state index in [-0.39, 0.29) is 5.95 Å². The Hall–Kier alpha value is -1.11. The highest BCUT2D eigenvalue weighted by molar-refractivity contribution is 6.32. The van der Waals surface area contributed by atoms with Gasteiger partial charge in [0.15, 0.2) is 5.82 Å². The number of halogens is 1. The van der Waals surface area contributed by atoms with Gasteiger partial charge in [0.1, 0.15) is 5.02 Å². The van der Waals surface area contributed by atoms with Gasteiger partial charge in [-0.15, -0.1) is 0 Å². The number of anilines is 2. The molecule has 2 heterocycles. The molecule has 0 radical (unpaired) electrons. The zero-order chi connectivity index (χ0) is 11.5. The Balaban J connectivity index is 2.00. The Kier molecular flexibility index (Phi) is 3.42.